The number of benzene rings is 2. The van der Waals surface area contributed by atoms with Crippen LogP contribution in [0.1, 0.15) is 6.92 Å². The Kier molecular flexibility index (Phi) is 4.71. The summed E-state index contributed by atoms with van der Waals surface area (Å²) in [7, 11) is -1.71. The van der Waals surface area contributed by atoms with Gasteiger partial charge >= 0.3 is 0 Å². The van der Waals surface area contributed by atoms with Gasteiger partial charge in [0.25, 0.3) is 5.89 Å². The first-order chi connectivity index (χ1) is 12.0. The van der Waals surface area contributed by atoms with Gasteiger partial charge in [-0.05, 0) is 49.4 Å². The number of rotatable bonds is 6. The van der Waals surface area contributed by atoms with Gasteiger partial charge in [0.1, 0.15) is 5.75 Å². The van der Waals surface area contributed by atoms with Crippen molar-refractivity contribution in [3.63, 3.8) is 0 Å². The molecule has 0 fully saturated rings. The SMILES string of the molecule is CCS(=O)(=O)Nc1ccc(-c2noc(-c3cccc(OC)c3)n2)cc1. The van der Waals surface area contributed by atoms with Crippen LogP contribution in [0.2, 0.25) is 0 Å². The summed E-state index contributed by atoms with van der Waals surface area (Å²) in [6, 6.07) is 14.1. The first-order valence-electron chi connectivity index (χ1n) is 7.60. The van der Waals surface area contributed by atoms with Crippen molar-refractivity contribution in [3.05, 3.63) is 48.5 Å². The van der Waals surface area contributed by atoms with Crippen molar-refractivity contribution in [2.45, 2.75) is 6.92 Å². The van der Waals surface area contributed by atoms with E-state index < -0.39 is 10.0 Å². The summed E-state index contributed by atoms with van der Waals surface area (Å²) in [5.41, 5.74) is 1.96. The molecule has 3 rings (SSSR count). The van der Waals surface area contributed by atoms with Crippen molar-refractivity contribution < 1.29 is 17.7 Å². The van der Waals surface area contributed by atoms with E-state index in [4.69, 9.17) is 9.26 Å². The Morgan fingerprint density at radius 3 is 2.56 bits per heavy atom. The number of methoxy groups -OCH3 is 1. The molecule has 0 aliphatic rings. The van der Waals surface area contributed by atoms with Gasteiger partial charge in [-0.15, -0.1) is 0 Å². The monoisotopic (exact) mass is 359 g/mol. The lowest BCUT2D eigenvalue weighted by atomic mass is 10.2. The van der Waals surface area contributed by atoms with Crippen molar-refractivity contribution in [2.75, 3.05) is 17.6 Å². The van der Waals surface area contributed by atoms with Crippen molar-refractivity contribution in [1.29, 1.82) is 0 Å². The molecule has 1 aromatic heterocycles. The lowest BCUT2D eigenvalue weighted by Gasteiger charge is -2.05. The maximum atomic E-state index is 11.6. The normalized spacial score (nSPS) is 11.3. The van der Waals surface area contributed by atoms with Gasteiger partial charge in [0.2, 0.25) is 15.8 Å². The van der Waals surface area contributed by atoms with E-state index in [1.165, 1.54) is 0 Å². The van der Waals surface area contributed by atoms with Gasteiger partial charge < -0.3 is 9.26 Å². The van der Waals surface area contributed by atoms with E-state index in [1.54, 1.807) is 44.4 Å². The molecule has 0 atom stereocenters. The van der Waals surface area contributed by atoms with E-state index in [-0.39, 0.29) is 5.75 Å². The van der Waals surface area contributed by atoms with Gasteiger partial charge in [-0.1, -0.05) is 11.2 Å². The van der Waals surface area contributed by atoms with Crippen LogP contribution in [0.5, 0.6) is 5.75 Å². The van der Waals surface area contributed by atoms with Gasteiger partial charge in [0, 0.05) is 16.8 Å². The van der Waals surface area contributed by atoms with E-state index >= 15 is 0 Å². The quantitative estimate of drug-likeness (QED) is 0.726. The summed E-state index contributed by atoms with van der Waals surface area (Å²) in [4.78, 5) is 4.37. The predicted octanol–water partition coefficient (Wildman–Crippen LogP) is 3.17. The van der Waals surface area contributed by atoms with E-state index in [2.05, 4.69) is 14.9 Å². The van der Waals surface area contributed by atoms with Crippen LogP contribution < -0.4 is 9.46 Å². The molecule has 3 aromatic rings. The fraction of sp³-hybridized carbons (Fsp3) is 0.176. The molecule has 1 heterocycles. The molecule has 0 saturated heterocycles. The molecule has 0 bridgehead atoms. The second kappa shape index (κ2) is 6.94. The van der Waals surface area contributed by atoms with E-state index in [9.17, 15) is 8.42 Å². The highest BCUT2D eigenvalue weighted by Crippen LogP contribution is 2.25. The van der Waals surface area contributed by atoms with E-state index in [0.717, 1.165) is 11.1 Å². The Labute approximate surface area is 145 Å². The number of sulfonamides is 1. The molecule has 0 aliphatic carbocycles. The molecule has 25 heavy (non-hydrogen) atoms. The van der Waals surface area contributed by atoms with Gasteiger partial charge in [-0.2, -0.15) is 4.98 Å². The third kappa shape index (κ3) is 3.97. The highest BCUT2D eigenvalue weighted by atomic mass is 32.2. The zero-order chi connectivity index (χ0) is 17.9. The molecule has 8 heteroatoms. The lowest BCUT2D eigenvalue weighted by Crippen LogP contribution is -2.14. The van der Waals surface area contributed by atoms with Crippen molar-refractivity contribution in [1.82, 2.24) is 10.1 Å². The number of hydrogen-bond acceptors (Lipinski definition) is 6. The van der Waals surface area contributed by atoms with Crippen molar-refractivity contribution >= 4 is 15.7 Å². The van der Waals surface area contributed by atoms with Crippen LogP contribution in [-0.2, 0) is 10.0 Å². The van der Waals surface area contributed by atoms with E-state index in [0.29, 0.717) is 23.2 Å². The van der Waals surface area contributed by atoms with Crippen molar-refractivity contribution in [3.8, 4) is 28.6 Å². The number of anilines is 1. The maximum absolute atomic E-state index is 11.6. The third-order valence-electron chi connectivity index (χ3n) is 3.54. The van der Waals surface area contributed by atoms with Crippen LogP contribution in [0.3, 0.4) is 0 Å². The fourth-order valence-corrected chi connectivity index (χ4v) is 2.79. The Morgan fingerprint density at radius 1 is 1.12 bits per heavy atom. The summed E-state index contributed by atoms with van der Waals surface area (Å²) < 4.78 is 36.1. The lowest BCUT2D eigenvalue weighted by molar-refractivity contribution is 0.413. The standard InChI is InChI=1S/C17H17N3O4S/c1-3-25(21,22)20-14-9-7-12(8-10-14)16-18-17(24-19-16)13-5-4-6-15(11-13)23-2/h4-11,20H,3H2,1-2H3. The third-order valence-corrected chi connectivity index (χ3v) is 4.85. The second-order valence-electron chi connectivity index (χ2n) is 5.24. The fourth-order valence-electron chi connectivity index (χ4n) is 2.15. The molecule has 0 radical (unpaired) electrons. The highest BCUT2D eigenvalue weighted by molar-refractivity contribution is 7.92. The number of hydrogen-bond donors (Lipinski definition) is 1. The molecule has 0 unspecified atom stereocenters. The molecular weight excluding hydrogens is 342 g/mol. The molecule has 2 aromatic carbocycles. The summed E-state index contributed by atoms with van der Waals surface area (Å²) in [6.45, 7) is 1.58. The summed E-state index contributed by atoms with van der Waals surface area (Å²) in [5, 5.41) is 3.97. The minimum atomic E-state index is -3.30. The first kappa shape index (κ1) is 17.0. The van der Waals surface area contributed by atoms with Crippen LogP contribution >= 0.6 is 0 Å². The number of ether oxygens (including phenoxy) is 1. The molecule has 0 saturated carbocycles. The molecular formula is C17H17N3O4S. The van der Waals surface area contributed by atoms with Crippen LogP contribution in [0.4, 0.5) is 5.69 Å². The molecule has 130 valence electrons. The van der Waals surface area contributed by atoms with E-state index in [1.807, 2.05) is 18.2 Å². The topological polar surface area (TPSA) is 94.3 Å². The minimum absolute atomic E-state index is 0.0174. The largest absolute Gasteiger partial charge is 0.497 e. The number of nitrogens with zero attached hydrogens (tertiary/aromatic N) is 2. The smallest absolute Gasteiger partial charge is 0.258 e. The van der Waals surface area contributed by atoms with Crippen LogP contribution in [-0.4, -0.2) is 31.4 Å². The van der Waals surface area contributed by atoms with Crippen LogP contribution in [0.15, 0.2) is 53.1 Å². The average molecular weight is 359 g/mol. The van der Waals surface area contributed by atoms with Gasteiger partial charge in [0.05, 0.1) is 12.9 Å². The Balaban J connectivity index is 1.82. The first-order valence-corrected chi connectivity index (χ1v) is 9.25. The van der Waals surface area contributed by atoms with Gasteiger partial charge in [-0.3, -0.25) is 4.72 Å². The Hall–Kier alpha value is -2.87. The molecule has 7 nitrogen and oxygen atoms in total. The minimum Gasteiger partial charge on any atom is -0.497 e. The summed E-state index contributed by atoms with van der Waals surface area (Å²) >= 11 is 0. The Morgan fingerprint density at radius 2 is 1.88 bits per heavy atom. The molecule has 0 aliphatic heterocycles. The van der Waals surface area contributed by atoms with Crippen LogP contribution in [0.25, 0.3) is 22.8 Å². The summed E-state index contributed by atoms with van der Waals surface area (Å²) in [6.07, 6.45) is 0. The second-order valence-corrected chi connectivity index (χ2v) is 7.25. The highest BCUT2D eigenvalue weighted by Gasteiger charge is 2.12. The average Bonchev–Trinajstić information content (AvgIpc) is 3.12. The molecule has 0 spiro atoms. The Bertz CT molecular complexity index is 966. The number of aromatic nitrogens is 2. The zero-order valence-corrected chi connectivity index (χ0v) is 14.6. The maximum Gasteiger partial charge on any atom is 0.258 e. The predicted molar refractivity (Wildman–Crippen MR) is 94.8 cm³/mol. The number of nitrogens with one attached hydrogen (secondary N) is 1. The van der Waals surface area contributed by atoms with Gasteiger partial charge in [-0.25, -0.2) is 8.42 Å². The molecule has 0 amide bonds. The van der Waals surface area contributed by atoms with Gasteiger partial charge in [0.15, 0.2) is 0 Å². The molecule has 1 N–H and O–H groups in total. The van der Waals surface area contributed by atoms with Crippen molar-refractivity contribution in [2.24, 2.45) is 0 Å². The zero-order valence-electron chi connectivity index (χ0n) is 13.8. The van der Waals surface area contributed by atoms with Crippen LogP contribution in [0, 0.1) is 0 Å². The summed E-state index contributed by atoms with van der Waals surface area (Å²) in [5.74, 6) is 1.51.